The van der Waals surface area contributed by atoms with Crippen molar-refractivity contribution in [2.45, 2.75) is 36.5 Å². The molecule has 33 heavy (non-hydrogen) atoms. The zero-order chi connectivity index (χ0) is 23.6. The zero-order valence-electron chi connectivity index (χ0n) is 18.9. The molecule has 1 aromatic heterocycles. The summed E-state index contributed by atoms with van der Waals surface area (Å²) in [4.78, 5) is 18.5. The van der Waals surface area contributed by atoms with Gasteiger partial charge in [0.05, 0.1) is 10.6 Å². The average Bonchev–Trinajstić information content (AvgIpc) is 3.29. The van der Waals surface area contributed by atoms with Gasteiger partial charge in [0.2, 0.25) is 15.9 Å². The third-order valence-electron chi connectivity index (χ3n) is 6.05. The number of anilines is 1. The maximum Gasteiger partial charge on any atom is 0.244 e. The lowest BCUT2D eigenvalue weighted by Crippen LogP contribution is -2.41. The predicted octanol–water partition coefficient (Wildman–Crippen LogP) is 5.19. The van der Waals surface area contributed by atoms with E-state index in [4.69, 9.17) is 0 Å². The van der Waals surface area contributed by atoms with Gasteiger partial charge in [-0.15, -0.1) is 23.1 Å². The van der Waals surface area contributed by atoms with E-state index >= 15 is 0 Å². The average molecular weight is 502 g/mol. The Kier molecular flexibility index (Phi) is 7.23. The van der Waals surface area contributed by atoms with Crippen molar-refractivity contribution < 1.29 is 13.2 Å². The van der Waals surface area contributed by atoms with Crippen LogP contribution in [0.4, 0.5) is 5.13 Å². The molecule has 0 aliphatic carbocycles. The lowest BCUT2D eigenvalue weighted by molar-refractivity contribution is -0.120. The van der Waals surface area contributed by atoms with Gasteiger partial charge in [0.25, 0.3) is 0 Å². The number of piperidine rings is 1. The fourth-order valence-corrected chi connectivity index (χ4v) is 7.22. The standard InChI is InChI=1S/C24H27N3O3S3/c1-16-8-9-19(14-17(16)2)20-15-32-24(25-20)26-23(28)18-10-12-27(13-11-18)33(29,30)22-7-5-4-6-21(22)31-3/h4-9,14-15,18H,10-13H2,1-3H3,(H,25,26,28). The van der Waals surface area contributed by atoms with Crippen molar-refractivity contribution in [3.63, 3.8) is 0 Å². The van der Waals surface area contributed by atoms with E-state index in [-0.39, 0.29) is 11.8 Å². The van der Waals surface area contributed by atoms with Gasteiger partial charge >= 0.3 is 0 Å². The first-order chi connectivity index (χ1) is 15.8. The Morgan fingerprint density at radius 2 is 1.85 bits per heavy atom. The molecule has 1 amide bonds. The monoisotopic (exact) mass is 501 g/mol. The molecular weight excluding hydrogens is 474 g/mol. The molecule has 9 heteroatoms. The number of thioether (sulfide) groups is 1. The Hall–Kier alpha value is -2.20. The summed E-state index contributed by atoms with van der Waals surface area (Å²) >= 11 is 2.82. The first kappa shape index (κ1) is 23.9. The van der Waals surface area contributed by atoms with Gasteiger partial charge in [-0.2, -0.15) is 4.31 Å². The molecule has 3 aromatic rings. The molecule has 6 nitrogen and oxygen atoms in total. The van der Waals surface area contributed by atoms with Crippen LogP contribution in [0, 0.1) is 19.8 Å². The lowest BCUT2D eigenvalue weighted by atomic mass is 9.97. The molecule has 4 rings (SSSR count). The van der Waals surface area contributed by atoms with Crippen LogP contribution in [0.25, 0.3) is 11.3 Å². The molecule has 1 N–H and O–H groups in total. The van der Waals surface area contributed by atoms with Gasteiger partial charge < -0.3 is 5.32 Å². The number of benzene rings is 2. The Balaban J connectivity index is 1.38. The van der Waals surface area contributed by atoms with Crippen molar-refractivity contribution in [1.29, 1.82) is 0 Å². The van der Waals surface area contributed by atoms with Gasteiger partial charge in [0, 0.05) is 34.8 Å². The third kappa shape index (κ3) is 5.16. The maximum atomic E-state index is 13.1. The van der Waals surface area contributed by atoms with E-state index in [1.54, 1.807) is 12.1 Å². The molecule has 0 spiro atoms. The van der Waals surface area contributed by atoms with Crippen LogP contribution in [0.15, 0.2) is 57.6 Å². The highest BCUT2D eigenvalue weighted by Crippen LogP contribution is 2.31. The number of aromatic nitrogens is 1. The SMILES string of the molecule is CSc1ccccc1S(=O)(=O)N1CCC(C(=O)Nc2nc(-c3ccc(C)c(C)c3)cs2)CC1. The van der Waals surface area contributed by atoms with Crippen LogP contribution in [0.2, 0.25) is 0 Å². The summed E-state index contributed by atoms with van der Waals surface area (Å²) in [5.41, 5.74) is 4.30. The summed E-state index contributed by atoms with van der Waals surface area (Å²) in [6.45, 7) is 4.80. The molecule has 2 heterocycles. The Morgan fingerprint density at radius 3 is 2.55 bits per heavy atom. The van der Waals surface area contributed by atoms with Crippen molar-refractivity contribution >= 4 is 44.2 Å². The number of amides is 1. The number of hydrogen-bond acceptors (Lipinski definition) is 6. The second kappa shape index (κ2) is 9.97. The summed E-state index contributed by atoms with van der Waals surface area (Å²) in [5, 5.41) is 5.44. The third-order valence-corrected chi connectivity index (χ3v) is 9.69. The van der Waals surface area contributed by atoms with Crippen LogP contribution >= 0.6 is 23.1 Å². The van der Waals surface area contributed by atoms with E-state index in [9.17, 15) is 13.2 Å². The summed E-state index contributed by atoms with van der Waals surface area (Å²) in [7, 11) is -3.58. The lowest BCUT2D eigenvalue weighted by Gasteiger charge is -2.30. The highest BCUT2D eigenvalue weighted by atomic mass is 32.2. The fraction of sp³-hybridized carbons (Fsp3) is 0.333. The normalized spacial score (nSPS) is 15.5. The van der Waals surface area contributed by atoms with E-state index in [0.717, 1.165) is 16.2 Å². The predicted molar refractivity (Wildman–Crippen MR) is 135 cm³/mol. The van der Waals surface area contributed by atoms with Crippen LogP contribution in [0.5, 0.6) is 0 Å². The number of hydrogen-bond donors (Lipinski definition) is 1. The molecule has 0 radical (unpaired) electrons. The van der Waals surface area contributed by atoms with Gasteiger partial charge in [-0.05, 0) is 62.3 Å². The van der Waals surface area contributed by atoms with Crippen LogP contribution in [0.1, 0.15) is 24.0 Å². The van der Waals surface area contributed by atoms with Crippen LogP contribution in [-0.4, -0.2) is 43.0 Å². The number of aryl methyl sites for hydroxylation is 2. The molecular formula is C24H27N3O3S3. The van der Waals surface area contributed by atoms with E-state index in [1.165, 1.54) is 38.5 Å². The summed E-state index contributed by atoms with van der Waals surface area (Å²) in [6, 6.07) is 13.3. The number of rotatable bonds is 6. The fourth-order valence-electron chi connectivity index (χ4n) is 3.90. The topological polar surface area (TPSA) is 79.4 Å². The van der Waals surface area contributed by atoms with Crippen LogP contribution in [0.3, 0.4) is 0 Å². The Morgan fingerprint density at radius 1 is 1.12 bits per heavy atom. The van der Waals surface area contributed by atoms with Gasteiger partial charge in [0.1, 0.15) is 0 Å². The molecule has 0 saturated carbocycles. The largest absolute Gasteiger partial charge is 0.302 e. The molecule has 2 aromatic carbocycles. The highest BCUT2D eigenvalue weighted by molar-refractivity contribution is 7.99. The Labute approximate surface area is 203 Å². The Bertz CT molecular complexity index is 1260. The highest BCUT2D eigenvalue weighted by Gasteiger charge is 2.33. The zero-order valence-corrected chi connectivity index (χ0v) is 21.3. The molecule has 1 aliphatic heterocycles. The van der Waals surface area contributed by atoms with Crippen LogP contribution < -0.4 is 5.32 Å². The molecule has 1 saturated heterocycles. The second-order valence-electron chi connectivity index (χ2n) is 8.16. The van der Waals surface area contributed by atoms with E-state index in [0.29, 0.717) is 36.0 Å². The van der Waals surface area contributed by atoms with Crippen molar-refractivity contribution in [3.05, 3.63) is 59.0 Å². The van der Waals surface area contributed by atoms with Gasteiger partial charge in [0.15, 0.2) is 5.13 Å². The second-order valence-corrected chi connectivity index (χ2v) is 11.8. The molecule has 1 aliphatic rings. The first-order valence-corrected chi connectivity index (χ1v) is 14.3. The minimum atomic E-state index is -3.58. The van der Waals surface area contributed by atoms with Crippen molar-refractivity contribution in [2.24, 2.45) is 5.92 Å². The molecule has 0 unspecified atom stereocenters. The van der Waals surface area contributed by atoms with Gasteiger partial charge in [-0.3, -0.25) is 4.79 Å². The maximum absolute atomic E-state index is 13.1. The minimum absolute atomic E-state index is 0.0995. The van der Waals surface area contributed by atoms with Crippen LogP contribution in [-0.2, 0) is 14.8 Å². The number of nitrogens with zero attached hydrogens (tertiary/aromatic N) is 2. The molecule has 1 fully saturated rings. The quantitative estimate of drug-likeness (QED) is 0.470. The van der Waals surface area contributed by atoms with E-state index in [2.05, 4.69) is 36.3 Å². The number of carbonyl (C=O) groups excluding carboxylic acids is 1. The summed E-state index contributed by atoms with van der Waals surface area (Å²) < 4.78 is 27.7. The number of carbonyl (C=O) groups is 1. The van der Waals surface area contributed by atoms with Crippen molar-refractivity contribution in [1.82, 2.24) is 9.29 Å². The van der Waals surface area contributed by atoms with Gasteiger partial charge in [-0.1, -0.05) is 24.3 Å². The number of nitrogens with one attached hydrogen (secondary N) is 1. The number of thiazole rings is 1. The smallest absolute Gasteiger partial charge is 0.244 e. The molecule has 0 bridgehead atoms. The first-order valence-electron chi connectivity index (χ1n) is 10.8. The van der Waals surface area contributed by atoms with Crippen molar-refractivity contribution in [2.75, 3.05) is 24.7 Å². The minimum Gasteiger partial charge on any atom is -0.302 e. The summed E-state index contributed by atoms with van der Waals surface area (Å²) in [6.07, 6.45) is 2.85. The van der Waals surface area contributed by atoms with E-state index < -0.39 is 10.0 Å². The summed E-state index contributed by atoms with van der Waals surface area (Å²) in [5.74, 6) is -0.334. The molecule has 0 atom stereocenters. The van der Waals surface area contributed by atoms with Gasteiger partial charge in [-0.25, -0.2) is 13.4 Å². The number of sulfonamides is 1. The van der Waals surface area contributed by atoms with Crippen molar-refractivity contribution in [3.8, 4) is 11.3 Å². The van der Waals surface area contributed by atoms with E-state index in [1.807, 2.05) is 29.8 Å². The molecule has 174 valence electrons.